The summed E-state index contributed by atoms with van der Waals surface area (Å²) in [5.74, 6) is -0.0954. The number of aryl methyl sites for hydroxylation is 1. The number of hydrogen-bond acceptors (Lipinski definition) is 4. The van der Waals surface area contributed by atoms with Crippen LogP contribution in [0.3, 0.4) is 0 Å². The second kappa shape index (κ2) is 4.96. The molecule has 1 saturated carbocycles. The monoisotopic (exact) mass is 288 g/mol. The van der Waals surface area contributed by atoms with Crippen LogP contribution in [0.2, 0.25) is 0 Å². The maximum absolute atomic E-state index is 11.8. The molecule has 0 unspecified atom stereocenters. The average Bonchev–Trinajstić information content (AvgIpc) is 3.07. The highest BCUT2D eigenvalue weighted by Gasteiger charge is 2.45. The Labute approximate surface area is 121 Å². The first kappa shape index (κ1) is 13.2. The lowest BCUT2D eigenvalue weighted by Gasteiger charge is -2.10. The molecule has 0 aliphatic heterocycles. The van der Waals surface area contributed by atoms with Crippen LogP contribution in [0.5, 0.6) is 0 Å². The van der Waals surface area contributed by atoms with Gasteiger partial charge >= 0.3 is 0 Å². The third kappa shape index (κ3) is 2.71. The summed E-state index contributed by atoms with van der Waals surface area (Å²) in [5.41, 5.74) is 5.98. The number of benzene rings is 1. The van der Waals surface area contributed by atoms with Crippen molar-refractivity contribution in [1.29, 1.82) is 0 Å². The van der Waals surface area contributed by atoms with Crippen molar-refractivity contribution in [2.24, 2.45) is 12.8 Å². The SMILES string of the molecule is Cn1ccnc1Sc1ccc(NC(=O)C2(N)CC2)cc1. The number of nitrogens with one attached hydrogen (secondary N) is 1. The van der Waals surface area contributed by atoms with Crippen molar-refractivity contribution in [3.63, 3.8) is 0 Å². The number of anilines is 1. The zero-order valence-corrected chi connectivity index (χ0v) is 12.0. The maximum Gasteiger partial charge on any atom is 0.244 e. The van der Waals surface area contributed by atoms with Gasteiger partial charge in [0.2, 0.25) is 5.91 Å². The molecule has 1 aromatic carbocycles. The molecule has 3 N–H and O–H groups in total. The topological polar surface area (TPSA) is 72.9 Å². The summed E-state index contributed by atoms with van der Waals surface area (Å²) in [5, 5.41) is 3.78. The molecule has 0 atom stereocenters. The summed E-state index contributed by atoms with van der Waals surface area (Å²) >= 11 is 1.58. The van der Waals surface area contributed by atoms with Crippen LogP contribution in [-0.4, -0.2) is 21.0 Å². The summed E-state index contributed by atoms with van der Waals surface area (Å²) in [7, 11) is 1.96. The predicted octanol–water partition coefficient (Wildman–Crippen LogP) is 2.00. The Bertz CT molecular complexity index is 631. The molecule has 1 aromatic heterocycles. The number of carbonyl (C=O) groups is 1. The number of nitrogens with zero attached hydrogens (tertiary/aromatic N) is 2. The molecule has 104 valence electrons. The molecule has 0 bridgehead atoms. The summed E-state index contributed by atoms with van der Waals surface area (Å²) in [6.45, 7) is 0. The minimum atomic E-state index is -0.639. The first-order valence-corrected chi connectivity index (χ1v) is 7.24. The van der Waals surface area contributed by atoms with Crippen LogP contribution in [0.1, 0.15) is 12.8 Å². The fraction of sp³-hybridized carbons (Fsp3) is 0.286. The zero-order chi connectivity index (χ0) is 14.2. The average molecular weight is 288 g/mol. The Morgan fingerprint density at radius 3 is 2.65 bits per heavy atom. The standard InChI is InChI=1S/C14H16N4OS/c1-18-9-8-16-13(18)20-11-4-2-10(3-5-11)17-12(19)14(15)6-7-14/h2-5,8-9H,6-7,15H2,1H3,(H,17,19). The van der Waals surface area contributed by atoms with Crippen LogP contribution in [0.15, 0.2) is 46.7 Å². The van der Waals surface area contributed by atoms with Gasteiger partial charge in [-0.15, -0.1) is 0 Å². The molecule has 20 heavy (non-hydrogen) atoms. The lowest BCUT2D eigenvalue weighted by molar-refractivity contribution is -0.118. The van der Waals surface area contributed by atoms with Gasteiger partial charge < -0.3 is 15.6 Å². The normalized spacial score (nSPS) is 15.9. The third-order valence-corrected chi connectivity index (χ3v) is 4.42. The van der Waals surface area contributed by atoms with Crippen molar-refractivity contribution in [3.05, 3.63) is 36.7 Å². The van der Waals surface area contributed by atoms with Crippen molar-refractivity contribution in [2.45, 2.75) is 28.4 Å². The van der Waals surface area contributed by atoms with Crippen LogP contribution >= 0.6 is 11.8 Å². The number of hydrogen-bond donors (Lipinski definition) is 2. The zero-order valence-electron chi connectivity index (χ0n) is 11.2. The maximum atomic E-state index is 11.8. The van der Waals surface area contributed by atoms with E-state index in [1.807, 2.05) is 42.1 Å². The molecule has 0 radical (unpaired) electrons. The van der Waals surface area contributed by atoms with Crippen molar-refractivity contribution in [3.8, 4) is 0 Å². The van der Waals surface area contributed by atoms with Gasteiger partial charge in [-0.3, -0.25) is 4.79 Å². The number of carbonyl (C=O) groups excluding carboxylic acids is 1. The van der Waals surface area contributed by atoms with Crippen molar-refractivity contribution in [2.75, 3.05) is 5.32 Å². The summed E-state index contributed by atoms with van der Waals surface area (Å²) < 4.78 is 1.96. The quantitative estimate of drug-likeness (QED) is 0.902. The Balaban J connectivity index is 1.65. The van der Waals surface area contributed by atoms with E-state index in [1.165, 1.54) is 0 Å². The highest BCUT2D eigenvalue weighted by atomic mass is 32.2. The first-order valence-electron chi connectivity index (χ1n) is 6.42. The van der Waals surface area contributed by atoms with Gasteiger partial charge in [0.05, 0.1) is 5.54 Å². The molecule has 2 aromatic rings. The van der Waals surface area contributed by atoms with E-state index >= 15 is 0 Å². The Hall–Kier alpha value is -1.79. The molecule has 0 saturated heterocycles. The number of aromatic nitrogens is 2. The van der Waals surface area contributed by atoms with E-state index in [-0.39, 0.29) is 5.91 Å². The van der Waals surface area contributed by atoms with E-state index in [9.17, 15) is 4.79 Å². The lowest BCUT2D eigenvalue weighted by atomic mass is 10.2. The van der Waals surface area contributed by atoms with Crippen LogP contribution < -0.4 is 11.1 Å². The number of amides is 1. The molecule has 6 heteroatoms. The third-order valence-electron chi connectivity index (χ3n) is 3.34. The molecule has 1 heterocycles. The fourth-order valence-corrected chi connectivity index (χ4v) is 2.58. The van der Waals surface area contributed by atoms with Crippen LogP contribution in [-0.2, 0) is 11.8 Å². The van der Waals surface area contributed by atoms with Gasteiger partial charge in [0.25, 0.3) is 0 Å². The van der Waals surface area contributed by atoms with E-state index in [2.05, 4.69) is 10.3 Å². The first-order chi connectivity index (χ1) is 9.57. The molecule has 1 amide bonds. The minimum Gasteiger partial charge on any atom is -0.329 e. The fourth-order valence-electron chi connectivity index (χ4n) is 1.78. The van der Waals surface area contributed by atoms with Crippen LogP contribution in [0, 0.1) is 0 Å². The predicted molar refractivity (Wildman–Crippen MR) is 78.6 cm³/mol. The van der Waals surface area contributed by atoms with Crippen molar-refractivity contribution < 1.29 is 4.79 Å². The highest BCUT2D eigenvalue weighted by molar-refractivity contribution is 7.99. The van der Waals surface area contributed by atoms with Crippen molar-refractivity contribution >= 4 is 23.4 Å². The Kier molecular flexibility index (Phi) is 3.27. The highest BCUT2D eigenvalue weighted by Crippen LogP contribution is 2.33. The minimum absolute atomic E-state index is 0.0954. The number of rotatable bonds is 4. The Morgan fingerprint density at radius 1 is 1.40 bits per heavy atom. The molecule has 0 spiro atoms. The van der Waals surface area contributed by atoms with E-state index in [1.54, 1.807) is 18.0 Å². The van der Waals surface area contributed by atoms with Crippen molar-refractivity contribution in [1.82, 2.24) is 9.55 Å². The molecular weight excluding hydrogens is 272 g/mol. The Morgan fingerprint density at radius 2 is 2.10 bits per heavy atom. The van der Waals surface area contributed by atoms with Gasteiger partial charge in [0.15, 0.2) is 5.16 Å². The van der Waals surface area contributed by atoms with Gasteiger partial charge in [0, 0.05) is 30.0 Å². The second-order valence-corrected chi connectivity index (χ2v) is 6.10. The smallest absolute Gasteiger partial charge is 0.244 e. The molecule has 3 rings (SSSR count). The van der Waals surface area contributed by atoms with Crippen LogP contribution in [0.25, 0.3) is 0 Å². The number of imidazole rings is 1. The van der Waals surface area contributed by atoms with Gasteiger partial charge in [-0.05, 0) is 37.1 Å². The number of nitrogens with two attached hydrogens (primary N) is 1. The summed E-state index contributed by atoms with van der Waals surface area (Å²) in [6.07, 6.45) is 5.22. The van der Waals surface area contributed by atoms with Gasteiger partial charge in [0.1, 0.15) is 0 Å². The van der Waals surface area contributed by atoms with Gasteiger partial charge in [-0.25, -0.2) is 4.98 Å². The molecule has 1 aliphatic rings. The largest absolute Gasteiger partial charge is 0.329 e. The van der Waals surface area contributed by atoms with E-state index in [0.717, 1.165) is 28.6 Å². The lowest BCUT2D eigenvalue weighted by Crippen LogP contribution is -2.37. The molecule has 1 fully saturated rings. The second-order valence-electron chi connectivity index (χ2n) is 5.06. The summed E-state index contributed by atoms with van der Waals surface area (Å²) in [4.78, 5) is 17.2. The van der Waals surface area contributed by atoms with Crippen LogP contribution in [0.4, 0.5) is 5.69 Å². The summed E-state index contributed by atoms with van der Waals surface area (Å²) in [6, 6.07) is 7.69. The van der Waals surface area contributed by atoms with Gasteiger partial charge in [-0.1, -0.05) is 11.8 Å². The van der Waals surface area contributed by atoms with E-state index < -0.39 is 5.54 Å². The van der Waals surface area contributed by atoms with E-state index in [4.69, 9.17) is 5.73 Å². The van der Waals surface area contributed by atoms with Gasteiger partial charge in [-0.2, -0.15) is 0 Å². The molecule has 1 aliphatic carbocycles. The molecular formula is C14H16N4OS. The molecule has 5 nitrogen and oxygen atoms in total. The van der Waals surface area contributed by atoms with E-state index in [0.29, 0.717) is 0 Å².